The molecular weight excluding hydrogens is 366 g/mol. The number of ether oxygens (including phenoxy) is 1. The smallest absolute Gasteiger partial charge is 0.261 e. The molecule has 0 aliphatic heterocycles. The van der Waals surface area contributed by atoms with Crippen molar-refractivity contribution in [1.82, 2.24) is 9.55 Å². The van der Waals surface area contributed by atoms with Gasteiger partial charge in [-0.1, -0.05) is 11.6 Å². The molecule has 1 amide bonds. The number of nitrogens with one attached hydrogen (secondary N) is 1. The number of carbonyl (C=O) groups excluding carboxylic acids is 1. The molecule has 0 bridgehead atoms. The number of aromatic nitrogens is 2. The Morgan fingerprint density at radius 1 is 1.30 bits per heavy atom. The van der Waals surface area contributed by atoms with E-state index in [-0.39, 0.29) is 11.0 Å². The van der Waals surface area contributed by atoms with Gasteiger partial charge >= 0.3 is 0 Å². The fraction of sp³-hybridized carbons (Fsp3) is 0.250. The van der Waals surface area contributed by atoms with E-state index in [0.717, 1.165) is 11.3 Å². The molecule has 7 heteroatoms. The van der Waals surface area contributed by atoms with Crippen LogP contribution in [0.15, 0.2) is 35.3 Å². The summed E-state index contributed by atoms with van der Waals surface area (Å²) in [5, 5.41) is 3.70. The van der Waals surface area contributed by atoms with Crippen LogP contribution in [0.2, 0.25) is 5.02 Å². The van der Waals surface area contributed by atoms with Crippen LogP contribution in [0.4, 0.5) is 5.69 Å². The molecule has 0 fully saturated rings. The summed E-state index contributed by atoms with van der Waals surface area (Å²) in [6.07, 6.45) is 1.54. The average molecular weight is 386 g/mol. The highest BCUT2D eigenvalue weighted by Crippen LogP contribution is 2.31. The van der Waals surface area contributed by atoms with Gasteiger partial charge in [-0.05, 0) is 44.5 Å². The SMILES string of the molecule is CCn1cc(C(=O)Nc2cc(C)c(Cl)cc2OC)c(=O)c2ccc(C)nc21. The zero-order valence-electron chi connectivity index (χ0n) is 15.6. The van der Waals surface area contributed by atoms with E-state index in [2.05, 4.69) is 10.3 Å². The van der Waals surface area contributed by atoms with Crippen molar-refractivity contribution < 1.29 is 9.53 Å². The molecule has 0 radical (unpaired) electrons. The van der Waals surface area contributed by atoms with Gasteiger partial charge in [-0.15, -0.1) is 0 Å². The molecular formula is C20H20ClN3O3. The number of aryl methyl sites for hydroxylation is 3. The number of methoxy groups -OCH3 is 1. The van der Waals surface area contributed by atoms with Gasteiger partial charge in [0.1, 0.15) is 17.0 Å². The maximum atomic E-state index is 12.8. The number of pyridine rings is 2. The Hall–Kier alpha value is -2.86. The van der Waals surface area contributed by atoms with Crippen molar-refractivity contribution >= 4 is 34.2 Å². The monoisotopic (exact) mass is 385 g/mol. The van der Waals surface area contributed by atoms with Gasteiger partial charge in [-0.2, -0.15) is 0 Å². The molecule has 0 spiro atoms. The molecule has 0 atom stereocenters. The van der Waals surface area contributed by atoms with Crippen molar-refractivity contribution in [1.29, 1.82) is 0 Å². The Labute approximate surface area is 161 Å². The summed E-state index contributed by atoms with van der Waals surface area (Å²) < 4.78 is 7.08. The van der Waals surface area contributed by atoms with Crippen LogP contribution in [0.1, 0.15) is 28.5 Å². The van der Waals surface area contributed by atoms with Crippen molar-refractivity contribution in [3.63, 3.8) is 0 Å². The third kappa shape index (κ3) is 3.53. The Bertz CT molecular complexity index is 1110. The Morgan fingerprint density at radius 3 is 2.70 bits per heavy atom. The minimum Gasteiger partial charge on any atom is -0.495 e. The normalized spacial score (nSPS) is 10.9. The van der Waals surface area contributed by atoms with Crippen molar-refractivity contribution in [2.24, 2.45) is 0 Å². The second-order valence-corrected chi connectivity index (χ2v) is 6.64. The number of halogens is 1. The second-order valence-electron chi connectivity index (χ2n) is 6.24. The maximum absolute atomic E-state index is 12.8. The predicted octanol–water partition coefficient (Wildman–Crippen LogP) is 3.95. The summed E-state index contributed by atoms with van der Waals surface area (Å²) in [6, 6.07) is 6.81. The van der Waals surface area contributed by atoms with E-state index in [0.29, 0.717) is 34.0 Å². The van der Waals surface area contributed by atoms with Crippen LogP contribution >= 0.6 is 11.6 Å². The molecule has 3 rings (SSSR count). The van der Waals surface area contributed by atoms with Crippen LogP contribution in [-0.2, 0) is 6.54 Å². The van der Waals surface area contributed by atoms with Crippen molar-refractivity contribution in [3.05, 3.63) is 62.5 Å². The molecule has 0 saturated carbocycles. The van der Waals surface area contributed by atoms with Gasteiger partial charge in [-0.25, -0.2) is 4.98 Å². The molecule has 6 nitrogen and oxygen atoms in total. The lowest BCUT2D eigenvalue weighted by Gasteiger charge is -2.14. The number of rotatable bonds is 4. The summed E-state index contributed by atoms with van der Waals surface area (Å²) in [5.41, 5.74) is 2.31. The first-order valence-corrected chi connectivity index (χ1v) is 8.89. The van der Waals surface area contributed by atoms with Crippen LogP contribution in [0.3, 0.4) is 0 Å². The Morgan fingerprint density at radius 2 is 2.04 bits per heavy atom. The largest absolute Gasteiger partial charge is 0.495 e. The standard InChI is InChI=1S/C20H20ClN3O3/c1-5-24-10-14(18(25)13-7-6-12(3)22-19(13)24)20(26)23-16-8-11(2)15(21)9-17(16)27-4/h6-10H,5H2,1-4H3,(H,23,26). The zero-order chi connectivity index (χ0) is 19.7. The molecule has 0 aliphatic rings. The van der Waals surface area contributed by atoms with Gasteiger partial charge in [0, 0.05) is 29.5 Å². The molecule has 3 aromatic rings. The number of benzene rings is 1. The van der Waals surface area contributed by atoms with E-state index in [1.54, 1.807) is 35.0 Å². The van der Waals surface area contributed by atoms with Crippen molar-refractivity contribution in [3.8, 4) is 5.75 Å². The highest BCUT2D eigenvalue weighted by molar-refractivity contribution is 6.31. The molecule has 0 unspecified atom stereocenters. The van der Waals surface area contributed by atoms with Crippen LogP contribution in [0.25, 0.3) is 11.0 Å². The van der Waals surface area contributed by atoms with Crippen LogP contribution < -0.4 is 15.5 Å². The molecule has 1 N–H and O–H groups in total. The van der Waals surface area contributed by atoms with E-state index >= 15 is 0 Å². The topological polar surface area (TPSA) is 73.2 Å². The number of amides is 1. The molecule has 140 valence electrons. The number of anilines is 1. The predicted molar refractivity (Wildman–Crippen MR) is 107 cm³/mol. The highest BCUT2D eigenvalue weighted by atomic mass is 35.5. The average Bonchev–Trinajstić information content (AvgIpc) is 2.64. The van der Waals surface area contributed by atoms with E-state index in [1.165, 1.54) is 7.11 Å². The van der Waals surface area contributed by atoms with Crippen molar-refractivity contribution in [2.45, 2.75) is 27.3 Å². The fourth-order valence-electron chi connectivity index (χ4n) is 2.88. The van der Waals surface area contributed by atoms with Gasteiger partial charge < -0.3 is 14.6 Å². The number of fused-ring (bicyclic) bond motifs is 1. The van der Waals surface area contributed by atoms with E-state index in [4.69, 9.17) is 16.3 Å². The third-order valence-electron chi connectivity index (χ3n) is 4.37. The van der Waals surface area contributed by atoms with E-state index in [1.807, 2.05) is 20.8 Å². The Kier molecular flexibility index (Phi) is 5.19. The maximum Gasteiger partial charge on any atom is 0.261 e. The molecule has 27 heavy (non-hydrogen) atoms. The zero-order valence-corrected chi connectivity index (χ0v) is 16.3. The highest BCUT2D eigenvalue weighted by Gasteiger charge is 2.18. The first-order chi connectivity index (χ1) is 12.8. The molecule has 2 aromatic heterocycles. The minimum atomic E-state index is -0.510. The third-order valence-corrected chi connectivity index (χ3v) is 4.78. The number of carbonyl (C=O) groups is 1. The van der Waals surface area contributed by atoms with Gasteiger partial charge in [0.2, 0.25) is 5.43 Å². The lowest BCUT2D eigenvalue weighted by Crippen LogP contribution is -2.24. The second kappa shape index (κ2) is 7.40. The summed E-state index contributed by atoms with van der Waals surface area (Å²) in [6.45, 7) is 6.20. The lowest BCUT2D eigenvalue weighted by molar-refractivity contribution is 0.102. The first-order valence-electron chi connectivity index (χ1n) is 8.52. The fourth-order valence-corrected chi connectivity index (χ4v) is 3.04. The number of nitrogens with zero attached hydrogens (tertiary/aromatic N) is 2. The number of hydrogen-bond acceptors (Lipinski definition) is 4. The quantitative estimate of drug-likeness (QED) is 0.738. The summed E-state index contributed by atoms with van der Waals surface area (Å²) >= 11 is 6.11. The molecule has 0 saturated heterocycles. The van der Waals surface area contributed by atoms with Gasteiger partial charge in [0.05, 0.1) is 18.2 Å². The van der Waals surface area contributed by atoms with Crippen molar-refractivity contribution in [2.75, 3.05) is 12.4 Å². The van der Waals surface area contributed by atoms with Gasteiger partial charge in [0.15, 0.2) is 0 Å². The van der Waals surface area contributed by atoms with Crippen LogP contribution in [-0.4, -0.2) is 22.6 Å². The summed E-state index contributed by atoms with van der Waals surface area (Å²) in [7, 11) is 1.49. The lowest BCUT2D eigenvalue weighted by atomic mass is 10.1. The van der Waals surface area contributed by atoms with Gasteiger partial charge in [-0.3, -0.25) is 9.59 Å². The van der Waals surface area contributed by atoms with Gasteiger partial charge in [0.25, 0.3) is 5.91 Å². The van der Waals surface area contributed by atoms with E-state index < -0.39 is 5.91 Å². The van der Waals surface area contributed by atoms with Crippen LogP contribution in [0.5, 0.6) is 5.75 Å². The summed E-state index contributed by atoms with van der Waals surface area (Å²) in [5.74, 6) is -0.0856. The first kappa shape index (κ1) is 18.9. The Balaban J connectivity index is 2.09. The molecule has 0 aliphatic carbocycles. The minimum absolute atomic E-state index is 0.0460. The van der Waals surface area contributed by atoms with Crippen LogP contribution in [0, 0.1) is 13.8 Å². The van der Waals surface area contributed by atoms with E-state index in [9.17, 15) is 9.59 Å². The summed E-state index contributed by atoms with van der Waals surface area (Å²) in [4.78, 5) is 30.1. The molecule has 1 aromatic carbocycles. The number of hydrogen-bond donors (Lipinski definition) is 1. The molecule has 2 heterocycles.